The molecule has 0 radical (unpaired) electrons. The summed E-state index contributed by atoms with van der Waals surface area (Å²) in [6, 6.07) is 0. The van der Waals surface area contributed by atoms with Crippen molar-refractivity contribution in [3.8, 4) is 0 Å². The van der Waals surface area contributed by atoms with Crippen molar-refractivity contribution in [3.63, 3.8) is 0 Å². The van der Waals surface area contributed by atoms with Crippen LogP contribution in [0.5, 0.6) is 0 Å². The van der Waals surface area contributed by atoms with Gasteiger partial charge in [0, 0.05) is 36.4 Å². The van der Waals surface area contributed by atoms with Crippen LogP contribution in [0.25, 0.3) is 0 Å². The quantitative estimate of drug-likeness (QED) is 0.587. The van der Waals surface area contributed by atoms with Crippen LogP contribution in [0, 0.1) is 5.92 Å². The largest absolute Gasteiger partial charge is 0.381 e. The van der Waals surface area contributed by atoms with Crippen LogP contribution < -0.4 is 0 Å². The van der Waals surface area contributed by atoms with Crippen LogP contribution in [0.3, 0.4) is 0 Å². The van der Waals surface area contributed by atoms with Crippen LogP contribution >= 0.6 is 22.6 Å². The molecule has 2 saturated heterocycles. The van der Waals surface area contributed by atoms with Gasteiger partial charge >= 0.3 is 0 Å². The number of hydrogen-bond acceptors (Lipinski definition) is 3. The molecule has 2 aliphatic rings. The molecule has 0 aromatic carbocycles. The summed E-state index contributed by atoms with van der Waals surface area (Å²) >= 11 is 2.43. The molecular weight excluding hydrogens is 307 g/mol. The topological polar surface area (TPSA) is 27.7 Å². The Labute approximate surface area is 105 Å². The Morgan fingerprint density at radius 1 is 1.27 bits per heavy atom. The second-order valence-electron chi connectivity index (χ2n) is 4.60. The maximum Gasteiger partial charge on any atom is 0.0863 e. The average Bonchev–Trinajstić information content (AvgIpc) is 2.66. The summed E-state index contributed by atoms with van der Waals surface area (Å²) in [6.07, 6.45) is 2.34. The maximum absolute atomic E-state index is 6.29. The van der Waals surface area contributed by atoms with Crippen LogP contribution in [0.1, 0.15) is 19.8 Å². The second-order valence-corrected chi connectivity index (χ2v) is 5.36. The molecule has 15 heavy (non-hydrogen) atoms. The van der Waals surface area contributed by atoms with Crippen LogP contribution in [0.2, 0.25) is 0 Å². The van der Waals surface area contributed by atoms with Crippen LogP contribution in [-0.4, -0.2) is 42.6 Å². The first-order chi connectivity index (χ1) is 7.26. The Balaban J connectivity index is 1.94. The number of rotatable bonds is 3. The van der Waals surface area contributed by atoms with Crippen molar-refractivity contribution in [2.24, 2.45) is 5.92 Å². The summed E-state index contributed by atoms with van der Waals surface area (Å²) in [4.78, 5) is 0. The summed E-state index contributed by atoms with van der Waals surface area (Å²) in [7, 11) is 0. The third-order valence-electron chi connectivity index (χ3n) is 3.35. The molecule has 0 amide bonds. The van der Waals surface area contributed by atoms with Gasteiger partial charge in [-0.25, -0.2) is 0 Å². The van der Waals surface area contributed by atoms with E-state index in [0.29, 0.717) is 5.92 Å². The summed E-state index contributed by atoms with van der Waals surface area (Å²) in [5.41, 5.74) is 0.0471. The van der Waals surface area contributed by atoms with Gasteiger partial charge in [0.15, 0.2) is 0 Å². The van der Waals surface area contributed by atoms with Crippen molar-refractivity contribution in [1.29, 1.82) is 0 Å². The smallest absolute Gasteiger partial charge is 0.0863 e. The second kappa shape index (κ2) is 5.29. The van der Waals surface area contributed by atoms with Crippen molar-refractivity contribution in [1.82, 2.24) is 0 Å². The molecular formula is C11H19IO3. The summed E-state index contributed by atoms with van der Waals surface area (Å²) < 4.78 is 18.2. The first kappa shape index (κ1) is 12.1. The fourth-order valence-electron chi connectivity index (χ4n) is 2.14. The highest BCUT2D eigenvalue weighted by Crippen LogP contribution is 2.32. The van der Waals surface area contributed by atoms with Gasteiger partial charge in [-0.2, -0.15) is 0 Å². The molecule has 0 aromatic heterocycles. The lowest BCUT2D eigenvalue weighted by Crippen LogP contribution is -2.45. The lowest BCUT2D eigenvalue weighted by molar-refractivity contribution is -0.135. The van der Waals surface area contributed by atoms with Gasteiger partial charge in [0.1, 0.15) is 0 Å². The third-order valence-corrected chi connectivity index (χ3v) is 4.74. The van der Waals surface area contributed by atoms with E-state index in [1.165, 1.54) is 0 Å². The molecule has 3 nitrogen and oxygen atoms in total. The Bertz CT molecular complexity index is 204. The van der Waals surface area contributed by atoms with E-state index in [1.54, 1.807) is 0 Å². The van der Waals surface area contributed by atoms with Crippen LogP contribution in [0.4, 0.5) is 0 Å². The van der Waals surface area contributed by atoms with Crippen LogP contribution in [-0.2, 0) is 14.2 Å². The van der Waals surface area contributed by atoms with Gasteiger partial charge in [-0.3, -0.25) is 0 Å². The molecule has 0 aromatic rings. The van der Waals surface area contributed by atoms with Crippen molar-refractivity contribution in [3.05, 3.63) is 0 Å². The van der Waals surface area contributed by atoms with E-state index in [1.807, 2.05) is 0 Å². The Morgan fingerprint density at radius 3 is 2.53 bits per heavy atom. The SMILES string of the molecule is CC1COCC1OC1(CI)CCOCC1. The number of alkyl halides is 1. The summed E-state index contributed by atoms with van der Waals surface area (Å²) in [5, 5.41) is 0. The average molecular weight is 326 g/mol. The lowest BCUT2D eigenvalue weighted by Gasteiger charge is -2.38. The summed E-state index contributed by atoms with van der Waals surface area (Å²) in [6.45, 7) is 5.49. The first-order valence-electron chi connectivity index (χ1n) is 5.65. The van der Waals surface area contributed by atoms with Gasteiger partial charge in [-0.1, -0.05) is 29.5 Å². The zero-order valence-electron chi connectivity index (χ0n) is 9.21. The van der Waals surface area contributed by atoms with Crippen molar-refractivity contribution in [2.45, 2.75) is 31.5 Å². The van der Waals surface area contributed by atoms with Crippen molar-refractivity contribution >= 4 is 22.6 Å². The fraction of sp³-hybridized carbons (Fsp3) is 1.00. The minimum atomic E-state index is 0.0471. The number of ether oxygens (including phenoxy) is 3. The molecule has 0 spiro atoms. The lowest BCUT2D eigenvalue weighted by atomic mass is 9.95. The third kappa shape index (κ3) is 2.84. The molecule has 2 atom stereocenters. The maximum atomic E-state index is 6.29. The Kier molecular flexibility index (Phi) is 4.26. The van der Waals surface area contributed by atoms with Gasteiger partial charge < -0.3 is 14.2 Å². The van der Waals surface area contributed by atoms with E-state index in [2.05, 4.69) is 29.5 Å². The molecule has 0 saturated carbocycles. The minimum absolute atomic E-state index is 0.0471. The van der Waals surface area contributed by atoms with Crippen molar-refractivity contribution in [2.75, 3.05) is 30.9 Å². The Hall–Kier alpha value is 0.610. The Morgan fingerprint density at radius 2 is 2.00 bits per heavy atom. The molecule has 2 rings (SSSR count). The molecule has 2 heterocycles. The monoisotopic (exact) mass is 326 g/mol. The van der Waals surface area contributed by atoms with E-state index >= 15 is 0 Å². The summed E-state index contributed by atoms with van der Waals surface area (Å²) in [5.74, 6) is 0.535. The predicted octanol–water partition coefficient (Wildman–Crippen LogP) is 2.02. The van der Waals surface area contributed by atoms with Gasteiger partial charge in [0.2, 0.25) is 0 Å². The van der Waals surface area contributed by atoms with Gasteiger partial charge in [-0.05, 0) is 0 Å². The highest BCUT2D eigenvalue weighted by atomic mass is 127. The van der Waals surface area contributed by atoms with Gasteiger partial charge in [0.05, 0.1) is 24.9 Å². The van der Waals surface area contributed by atoms with Crippen molar-refractivity contribution < 1.29 is 14.2 Å². The number of hydrogen-bond donors (Lipinski definition) is 0. The highest BCUT2D eigenvalue weighted by molar-refractivity contribution is 14.1. The van der Waals surface area contributed by atoms with E-state index < -0.39 is 0 Å². The predicted molar refractivity (Wildman–Crippen MR) is 66.5 cm³/mol. The van der Waals surface area contributed by atoms with Gasteiger partial charge in [-0.15, -0.1) is 0 Å². The van der Waals surface area contributed by atoms with E-state index in [4.69, 9.17) is 14.2 Å². The minimum Gasteiger partial charge on any atom is -0.381 e. The molecule has 0 aliphatic carbocycles. The molecule has 2 unspecified atom stereocenters. The van der Waals surface area contributed by atoms with Crippen LogP contribution in [0.15, 0.2) is 0 Å². The fourth-order valence-corrected chi connectivity index (χ4v) is 3.08. The highest BCUT2D eigenvalue weighted by Gasteiger charge is 2.38. The standard InChI is InChI=1S/C11H19IO3/c1-9-6-14-7-10(9)15-11(8-12)2-4-13-5-3-11/h9-10H,2-8H2,1H3. The molecule has 2 fully saturated rings. The zero-order chi connectivity index (χ0) is 10.7. The van der Waals surface area contributed by atoms with E-state index in [0.717, 1.165) is 43.7 Å². The number of halogens is 1. The zero-order valence-corrected chi connectivity index (χ0v) is 11.4. The van der Waals surface area contributed by atoms with E-state index in [-0.39, 0.29) is 11.7 Å². The molecule has 4 heteroatoms. The molecule has 88 valence electrons. The first-order valence-corrected chi connectivity index (χ1v) is 7.18. The van der Waals surface area contributed by atoms with Gasteiger partial charge in [0.25, 0.3) is 0 Å². The molecule has 0 bridgehead atoms. The molecule has 0 N–H and O–H groups in total. The molecule has 2 aliphatic heterocycles. The normalized spacial score (nSPS) is 35.6. The van der Waals surface area contributed by atoms with E-state index in [9.17, 15) is 0 Å².